The monoisotopic (exact) mass is 519 g/mol. The van der Waals surface area contributed by atoms with E-state index in [0.29, 0.717) is 41.9 Å². The molecule has 0 saturated carbocycles. The van der Waals surface area contributed by atoms with Gasteiger partial charge < -0.3 is 10.6 Å². The summed E-state index contributed by atoms with van der Waals surface area (Å²) >= 11 is 3.41. The molecular formula is C26H26BrN5O2. The van der Waals surface area contributed by atoms with Crippen molar-refractivity contribution in [3.63, 3.8) is 0 Å². The first-order chi connectivity index (χ1) is 16.5. The van der Waals surface area contributed by atoms with Crippen molar-refractivity contribution in [3.8, 4) is 0 Å². The Hall–Kier alpha value is -3.36. The molecule has 2 aromatic carbocycles. The zero-order valence-corrected chi connectivity index (χ0v) is 20.5. The predicted octanol–water partition coefficient (Wildman–Crippen LogP) is 4.15. The molecule has 4 aromatic rings. The van der Waals surface area contributed by atoms with Gasteiger partial charge in [0.15, 0.2) is 5.65 Å². The molecule has 0 aliphatic heterocycles. The third kappa shape index (κ3) is 4.93. The van der Waals surface area contributed by atoms with E-state index in [1.165, 1.54) is 0 Å². The van der Waals surface area contributed by atoms with Gasteiger partial charge in [-0.25, -0.2) is 9.97 Å². The summed E-state index contributed by atoms with van der Waals surface area (Å²) < 4.78 is 2.55. The fourth-order valence-electron chi connectivity index (χ4n) is 4.08. The van der Waals surface area contributed by atoms with Gasteiger partial charge in [0, 0.05) is 29.3 Å². The Morgan fingerprint density at radius 1 is 1.09 bits per heavy atom. The molecule has 0 aliphatic carbocycles. The van der Waals surface area contributed by atoms with Crippen molar-refractivity contribution in [2.75, 3.05) is 13.1 Å². The molecule has 0 aliphatic rings. The van der Waals surface area contributed by atoms with Crippen molar-refractivity contribution in [3.05, 3.63) is 105 Å². The molecule has 1 amide bonds. The maximum atomic E-state index is 13.6. The number of aromatic nitrogens is 3. The van der Waals surface area contributed by atoms with E-state index in [4.69, 9.17) is 10.7 Å². The number of carbonyl (C=O) groups is 1. The van der Waals surface area contributed by atoms with Gasteiger partial charge in [0.2, 0.25) is 0 Å². The van der Waals surface area contributed by atoms with Crippen molar-refractivity contribution < 1.29 is 4.79 Å². The van der Waals surface area contributed by atoms with Crippen LogP contribution in [0, 0.1) is 0 Å². The van der Waals surface area contributed by atoms with Gasteiger partial charge in [0.25, 0.3) is 11.5 Å². The largest absolute Gasteiger partial charge is 0.329 e. The molecule has 2 aromatic heterocycles. The second-order valence-electron chi connectivity index (χ2n) is 7.94. The Labute approximate surface area is 206 Å². The lowest BCUT2D eigenvalue weighted by Gasteiger charge is -2.32. The molecule has 0 fully saturated rings. The second-order valence-corrected chi connectivity index (χ2v) is 8.86. The van der Waals surface area contributed by atoms with Crippen LogP contribution in [0.4, 0.5) is 0 Å². The first-order valence-electron chi connectivity index (χ1n) is 11.2. The van der Waals surface area contributed by atoms with Crippen LogP contribution in [-0.2, 0) is 6.54 Å². The molecule has 7 nitrogen and oxygen atoms in total. The van der Waals surface area contributed by atoms with Crippen LogP contribution in [-0.4, -0.2) is 38.4 Å². The zero-order valence-electron chi connectivity index (χ0n) is 18.9. The maximum absolute atomic E-state index is 13.6. The van der Waals surface area contributed by atoms with Gasteiger partial charge in [-0.1, -0.05) is 53.2 Å². The van der Waals surface area contributed by atoms with E-state index >= 15 is 0 Å². The molecule has 2 heterocycles. The quantitative estimate of drug-likeness (QED) is 0.377. The summed E-state index contributed by atoms with van der Waals surface area (Å²) in [6.07, 6.45) is 2.17. The van der Waals surface area contributed by atoms with Gasteiger partial charge in [0.1, 0.15) is 5.82 Å². The van der Waals surface area contributed by atoms with Crippen LogP contribution in [0.3, 0.4) is 0 Å². The Balaban J connectivity index is 1.87. The minimum atomic E-state index is -0.456. The predicted molar refractivity (Wildman–Crippen MR) is 137 cm³/mol. The Morgan fingerprint density at radius 3 is 2.50 bits per heavy atom. The van der Waals surface area contributed by atoms with Crippen LogP contribution < -0.4 is 11.3 Å². The number of fused-ring (bicyclic) bond motifs is 1. The highest BCUT2D eigenvalue weighted by Crippen LogP contribution is 2.26. The van der Waals surface area contributed by atoms with E-state index < -0.39 is 6.04 Å². The number of nitrogens with two attached hydrogens (primary N) is 1. The third-order valence-electron chi connectivity index (χ3n) is 5.73. The van der Waals surface area contributed by atoms with Crippen molar-refractivity contribution in [2.24, 2.45) is 5.73 Å². The highest BCUT2D eigenvalue weighted by atomic mass is 79.9. The molecule has 0 radical (unpaired) electrons. The van der Waals surface area contributed by atoms with Gasteiger partial charge >= 0.3 is 0 Å². The fraction of sp³-hybridized carbons (Fsp3) is 0.231. The number of hydrogen-bond donors (Lipinski definition) is 1. The van der Waals surface area contributed by atoms with E-state index in [1.54, 1.807) is 39.9 Å². The SMILES string of the molecule is CCC(c1nc2ncccc2c(=O)n1Cc1ccccc1)N(CCN)C(=O)c1ccc(Br)cc1. The summed E-state index contributed by atoms with van der Waals surface area (Å²) in [6, 6.07) is 20.0. The van der Waals surface area contributed by atoms with Crippen molar-refractivity contribution in [1.29, 1.82) is 0 Å². The van der Waals surface area contributed by atoms with Gasteiger partial charge in [-0.05, 0) is 48.4 Å². The summed E-state index contributed by atoms with van der Waals surface area (Å²) in [6.45, 7) is 2.93. The molecule has 0 saturated heterocycles. The van der Waals surface area contributed by atoms with Gasteiger partial charge in [-0.2, -0.15) is 0 Å². The average Bonchev–Trinajstić information content (AvgIpc) is 2.87. The second kappa shape index (κ2) is 10.7. The summed E-state index contributed by atoms with van der Waals surface area (Å²) in [5.41, 5.74) is 7.62. The lowest BCUT2D eigenvalue weighted by Crippen LogP contribution is -2.41. The number of nitrogens with zero attached hydrogens (tertiary/aromatic N) is 4. The Bertz CT molecular complexity index is 1340. The molecule has 34 heavy (non-hydrogen) atoms. The van der Waals surface area contributed by atoms with E-state index in [1.807, 2.05) is 49.4 Å². The summed E-state index contributed by atoms with van der Waals surface area (Å²) in [7, 11) is 0. The maximum Gasteiger partial charge on any atom is 0.263 e. The summed E-state index contributed by atoms with van der Waals surface area (Å²) in [5, 5.41) is 0.446. The van der Waals surface area contributed by atoms with E-state index in [-0.39, 0.29) is 18.0 Å². The minimum absolute atomic E-state index is 0.161. The molecular weight excluding hydrogens is 494 g/mol. The highest BCUT2D eigenvalue weighted by molar-refractivity contribution is 9.10. The molecule has 2 N–H and O–H groups in total. The van der Waals surface area contributed by atoms with Crippen LogP contribution in [0.2, 0.25) is 0 Å². The van der Waals surface area contributed by atoms with Crippen LogP contribution in [0.5, 0.6) is 0 Å². The molecule has 1 atom stereocenters. The molecule has 4 rings (SSSR count). The van der Waals surface area contributed by atoms with E-state index in [2.05, 4.69) is 20.9 Å². The zero-order chi connectivity index (χ0) is 24.1. The number of carbonyl (C=O) groups excluding carboxylic acids is 1. The van der Waals surface area contributed by atoms with Crippen molar-refractivity contribution >= 4 is 32.9 Å². The first-order valence-corrected chi connectivity index (χ1v) is 12.0. The van der Waals surface area contributed by atoms with E-state index in [9.17, 15) is 9.59 Å². The van der Waals surface area contributed by atoms with Crippen LogP contribution >= 0.6 is 15.9 Å². The highest BCUT2D eigenvalue weighted by Gasteiger charge is 2.29. The standard InChI is InChI=1S/C26H26BrN5O2/c1-2-22(31(16-14-28)25(33)19-10-12-20(27)13-11-19)24-30-23-21(9-6-15-29-23)26(34)32(24)17-18-7-4-3-5-8-18/h3-13,15,22H,2,14,16-17,28H2,1H3. The minimum Gasteiger partial charge on any atom is -0.329 e. The first kappa shape index (κ1) is 23.8. The topological polar surface area (TPSA) is 94.1 Å². The van der Waals surface area contributed by atoms with Gasteiger partial charge in [-0.15, -0.1) is 0 Å². The summed E-state index contributed by atoms with van der Waals surface area (Å²) in [5.74, 6) is 0.341. The number of halogens is 1. The van der Waals surface area contributed by atoms with Crippen molar-refractivity contribution in [1.82, 2.24) is 19.4 Å². The molecule has 8 heteroatoms. The lowest BCUT2D eigenvalue weighted by molar-refractivity contribution is 0.0664. The number of benzene rings is 2. The Morgan fingerprint density at radius 2 is 1.82 bits per heavy atom. The van der Waals surface area contributed by atoms with Gasteiger partial charge in [-0.3, -0.25) is 14.2 Å². The molecule has 1 unspecified atom stereocenters. The van der Waals surface area contributed by atoms with Gasteiger partial charge in [0.05, 0.1) is 18.0 Å². The van der Waals surface area contributed by atoms with Crippen LogP contribution in [0.15, 0.2) is 82.2 Å². The fourth-order valence-corrected chi connectivity index (χ4v) is 4.35. The van der Waals surface area contributed by atoms with Crippen molar-refractivity contribution in [2.45, 2.75) is 25.9 Å². The molecule has 0 spiro atoms. The number of amides is 1. The normalized spacial score (nSPS) is 12.0. The smallest absolute Gasteiger partial charge is 0.263 e. The number of rotatable bonds is 8. The molecule has 0 bridgehead atoms. The number of pyridine rings is 1. The Kier molecular flexibility index (Phi) is 7.49. The van der Waals surface area contributed by atoms with E-state index in [0.717, 1.165) is 10.0 Å². The van der Waals surface area contributed by atoms with Crippen LogP contribution in [0.25, 0.3) is 11.0 Å². The lowest BCUT2D eigenvalue weighted by atomic mass is 10.1. The summed E-state index contributed by atoms with van der Waals surface area (Å²) in [4.78, 5) is 38.0. The average molecular weight is 520 g/mol. The third-order valence-corrected chi connectivity index (χ3v) is 6.25. The number of hydrogen-bond acceptors (Lipinski definition) is 5. The van der Waals surface area contributed by atoms with Crippen LogP contribution in [0.1, 0.15) is 41.1 Å². The molecule has 174 valence electrons.